The molecule has 2 aromatic rings. The third kappa shape index (κ3) is 2.69. The van der Waals surface area contributed by atoms with Crippen molar-refractivity contribution in [2.24, 2.45) is 7.05 Å². The van der Waals surface area contributed by atoms with E-state index in [1.807, 2.05) is 22.8 Å². The number of hydrogen-bond acceptors (Lipinski definition) is 4. The normalized spacial score (nSPS) is 25.2. The molecule has 2 bridgehead atoms. The fourth-order valence-corrected chi connectivity index (χ4v) is 4.36. The zero-order chi connectivity index (χ0) is 17.6. The number of carbonyl (C=O) groups excluding carboxylic acids is 1. The lowest BCUT2D eigenvalue weighted by atomic mass is 9.87. The predicted molar refractivity (Wildman–Crippen MR) is 89.4 cm³/mol. The van der Waals surface area contributed by atoms with Gasteiger partial charge in [-0.05, 0) is 43.9 Å². The second-order valence-electron chi connectivity index (χ2n) is 6.88. The van der Waals surface area contributed by atoms with Crippen LogP contribution >= 0.6 is 0 Å². The van der Waals surface area contributed by atoms with Crippen molar-refractivity contribution in [2.45, 2.75) is 43.7 Å². The number of aromatic nitrogens is 3. The van der Waals surface area contributed by atoms with Gasteiger partial charge in [0.1, 0.15) is 5.69 Å². The van der Waals surface area contributed by atoms with Crippen LogP contribution in [0.15, 0.2) is 30.6 Å². The molecule has 0 aliphatic carbocycles. The monoisotopic (exact) mass is 340 g/mol. The second kappa shape index (κ2) is 5.98. The van der Waals surface area contributed by atoms with Crippen LogP contribution in [0.3, 0.4) is 0 Å². The molecule has 0 saturated carbocycles. The van der Waals surface area contributed by atoms with Gasteiger partial charge in [-0.1, -0.05) is 0 Å². The fourth-order valence-electron chi connectivity index (χ4n) is 4.36. The molecule has 1 amide bonds. The van der Waals surface area contributed by atoms with E-state index < -0.39 is 5.97 Å². The molecule has 4 rings (SSSR count). The molecule has 0 radical (unpaired) electrons. The number of amides is 1. The van der Waals surface area contributed by atoms with E-state index in [9.17, 15) is 9.59 Å². The molecule has 2 atom stereocenters. The van der Waals surface area contributed by atoms with Crippen LogP contribution in [-0.2, 0) is 7.05 Å². The number of fused-ring (bicyclic) bond motifs is 2. The molecule has 2 aliphatic heterocycles. The topological polar surface area (TPSA) is 88.3 Å². The van der Waals surface area contributed by atoms with Crippen molar-refractivity contribution in [2.75, 3.05) is 0 Å². The van der Waals surface area contributed by atoms with Crippen molar-refractivity contribution in [3.63, 3.8) is 0 Å². The predicted octanol–water partition coefficient (Wildman–Crippen LogP) is 2.06. The molecule has 25 heavy (non-hydrogen) atoms. The fraction of sp³-hybridized carbons (Fsp3) is 0.444. The minimum absolute atomic E-state index is 0.0825. The van der Waals surface area contributed by atoms with Gasteiger partial charge >= 0.3 is 5.97 Å². The van der Waals surface area contributed by atoms with Gasteiger partial charge in [0.2, 0.25) is 0 Å². The van der Waals surface area contributed by atoms with Gasteiger partial charge in [-0.2, -0.15) is 5.10 Å². The Morgan fingerprint density at radius 3 is 2.48 bits per heavy atom. The van der Waals surface area contributed by atoms with Crippen LogP contribution in [0.5, 0.6) is 0 Å². The van der Waals surface area contributed by atoms with Crippen molar-refractivity contribution in [3.8, 4) is 0 Å². The van der Waals surface area contributed by atoms with Crippen molar-refractivity contribution < 1.29 is 14.7 Å². The zero-order valence-electron chi connectivity index (χ0n) is 14.0. The van der Waals surface area contributed by atoms with E-state index >= 15 is 0 Å². The zero-order valence-corrected chi connectivity index (χ0v) is 14.0. The lowest BCUT2D eigenvalue weighted by Crippen LogP contribution is -2.46. The SMILES string of the molecule is Cn1nccc1C1CC2CCC(C1)N2C(=O)c1ccnc(C(=O)O)c1. The number of carboxylic acid groups (broad SMARTS) is 1. The molecule has 2 fully saturated rings. The first kappa shape index (κ1) is 15.8. The molecule has 2 unspecified atom stereocenters. The van der Waals surface area contributed by atoms with Gasteiger partial charge in [-0.25, -0.2) is 9.78 Å². The Bertz CT molecular complexity index is 817. The Morgan fingerprint density at radius 1 is 1.16 bits per heavy atom. The highest BCUT2D eigenvalue weighted by molar-refractivity contribution is 5.97. The number of nitrogens with zero attached hydrogens (tertiary/aromatic N) is 4. The van der Waals surface area contributed by atoms with E-state index in [4.69, 9.17) is 5.11 Å². The minimum atomic E-state index is -1.12. The summed E-state index contributed by atoms with van der Waals surface area (Å²) in [6.07, 6.45) is 7.07. The molecule has 130 valence electrons. The van der Waals surface area contributed by atoms with E-state index in [1.165, 1.54) is 18.0 Å². The van der Waals surface area contributed by atoms with Gasteiger partial charge in [0.15, 0.2) is 0 Å². The molecule has 0 aromatic carbocycles. The van der Waals surface area contributed by atoms with Gasteiger partial charge in [-0.15, -0.1) is 0 Å². The average molecular weight is 340 g/mol. The van der Waals surface area contributed by atoms with Gasteiger partial charge in [0.25, 0.3) is 5.91 Å². The summed E-state index contributed by atoms with van der Waals surface area (Å²) in [6, 6.07) is 5.43. The van der Waals surface area contributed by atoms with Crippen LogP contribution in [0.4, 0.5) is 0 Å². The van der Waals surface area contributed by atoms with Gasteiger partial charge in [0, 0.05) is 48.7 Å². The number of carboxylic acids is 1. The van der Waals surface area contributed by atoms with Crippen LogP contribution in [0.2, 0.25) is 0 Å². The van der Waals surface area contributed by atoms with Gasteiger partial charge in [-0.3, -0.25) is 9.48 Å². The number of aryl methyl sites for hydroxylation is 1. The average Bonchev–Trinajstić information content (AvgIpc) is 3.15. The first-order valence-corrected chi connectivity index (χ1v) is 8.54. The maximum absolute atomic E-state index is 13.0. The van der Waals surface area contributed by atoms with Crippen LogP contribution in [0, 0.1) is 0 Å². The van der Waals surface area contributed by atoms with Crippen molar-refractivity contribution in [3.05, 3.63) is 47.5 Å². The number of carbonyl (C=O) groups is 2. The Labute approximate surface area is 145 Å². The summed E-state index contributed by atoms with van der Waals surface area (Å²) in [5.74, 6) is -0.783. The lowest BCUT2D eigenvalue weighted by molar-refractivity contribution is 0.0568. The third-order valence-electron chi connectivity index (χ3n) is 5.47. The van der Waals surface area contributed by atoms with Crippen molar-refractivity contribution in [1.29, 1.82) is 0 Å². The summed E-state index contributed by atoms with van der Waals surface area (Å²) < 4.78 is 1.92. The molecule has 7 heteroatoms. The maximum atomic E-state index is 13.0. The van der Waals surface area contributed by atoms with Crippen LogP contribution < -0.4 is 0 Å². The largest absolute Gasteiger partial charge is 0.477 e. The summed E-state index contributed by atoms with van der Waals surface area (Å²) in [7, 11) is 1.96. The number of piperidine rings is 1. The smallest absolute Gasteiger partial charge is 0.354 e. The quantitative estimate of drug-likeness (QED) is 0.924. The molecular weight excluding hydrogens is 320 g/mol. The van der Waals surface area contributed by atoms with E-state index in [0.29, 0.717) is 11.5 Å². The summed E-state index contributed by atoms with van der Waals surface area (Å²) in [5.41, 5.74) is 1.53. The number of rotatable bonds is 3. The standard InChI is InChI=1S/C18H20N4O3/c1-21-16(5-7-20-21)12-8-13-2-3-14(9-12)22(13)17(23)11-4-6-19-15(10-11)18(24)25/h4-7,10,12-14H,2-3,8-9H2,1H3,(H,24,25). The maximum Gasteiger partial charge on any atom is 0.354 e. The first-order chi connectivity index (χ1) is 12.0. The van der Waals surface area contributed by atoms with Crippen molar-refractivity contribution >= 4 is 11.9 Å². The highest BCUT2D eigenvalue weighted by atomic mass is 16.4. The second-order valence-corrected chi connectivity index (χ2v) is 6.88. The number of aromatic carboxylic acids is 1. The Hall–Kier alpha value is -2.70. The van der Waals surface area contributed by atoms with E-state index in [0.717, 1.165) is 25.7 Å². The summed E-state index contributed by atoms with van der Waals surface area (Å²) in [4.78, 5) is 29.8. The van der Waals surface area contributed by atoms with Crippen LogP contribution in [0.25, 0.3) is 0 Å². The first-order valence-electron chi connectivity index (χ1n) is 8.54. The lowest BCUT2D eigenvalue weighted by Gasteiger charge is -2.39. The Balaban J connectivity index is 1.57. The van der Waals surface area contributed by atoms with E-state index in [1.54, 1.807) is 6.07 Å². The third-order valence-corrected chi connectivity index (χ3v) is 5.47. The summed E-state index contributed by atoms with van der Waals surface area (Å²) >= 11 is 0. The molecule has 1 N–H and O–H groups in total. The van der Waals surface area contributed by atoms with E-state index in [-0.39, 0.29) is 23.7 Å². The Morgan fingerprint density at radius 2 is 1.88 bits per heavy atom. The van der Waals surface area contributed by atoms with Crippen LogP contribution in [-0.4, -0.2) is 48.7 Å². The minimum Gasteiger partial charge on any atom is -0.477 e. The van der Waals surface area contributed by atoms with Gasteiger partial charge < -0.3 is 10.0 Å². The molecule has 0 spiro atoms. The highest BCUT2D eigenvalue weighted by Crippen LogP contribution is 2.43. The summed E-state index contributed by atoms with van der Waals surface area (Å²) in [6.45, 7) is 0. The molecule has 2 saturated heterocycles. The molecular formula is C18H20N4O3. The van der Waals surface area contributed by atoms with Gasteiger partial charge in [0.05, 0.1) is 0 Å². The highest BCUT2D eigenvalue weighted by Gasteiger charge is 2.44. The number of pyridine rings is 1. The van der Waals surface area contributed by atoms with Crippen LogP contribution in [0.1, 0.15) is 58.1 Å². The van der Waals surface area contributed by atoms with Crippen molar-refractivity contribution in [1.82, 2.24) is 19.7 Å². The molecule has 2 aliphatic rings. The summed E-state index contributed by atoms with van der Waals surface area (Å²) in [5, 5.41) is 13.4. The van der Waals surface area contributed by atoms with E-state index in [2.05, 4.69) is 16.1 Å². The number of hydrogen-bond donors (Lipinski definition) is 1. The Kier molecular flexibility index (Phi) is 3.78. The molecule has 7 nitrogen and oxygen atoms in total. The molecule has 4 heterocycles. The molecule has 2 aromatic heterocycles.